The Balaban J connectivity index is 1.57. The molecule has 3 rings (SSSR count). The van der Waals surface area contributed by atoms with Crippen LogP contribution < -0.4 is 15.0 Å². The highest BCUT2D eigenvalue weighted by Gasteiger charge is 2.25. The van der Waals surface area contributed by atoms with Gasteiger partial charge in [0, 0.05) is 24.7 Å². The van der Waals surface area contributed by atoms with Crippen molar-refractivity contribution in [2.45, 2.75) is 26.7 Å². The number of anilines is 2. The summed E-state index contributed by atoms with van der Waals surface area (Å²) in [5, 5.41) is 3.04. The summed E-state index contributed by atoms with van der Waals surface area (Å²) in [6.07, 6.45) is 1.74. The molecule has 0 aromatic heterocycles. The third-order valence-corrected chi connectivity index (χ3v) is 4.71. The second kappa shape index (κ2) is 8.06. The van der Waals surface area contributed by atoms with Gasteiger partial charge in [-0.15, -0.1) is 0 Å². The number of rotatable bonds is 5. The van der Waals surface area contributed by atoms with Crippen LogP contribution in [0.3, 0.4) is 0 Å². The molecule has 0 saturated carbocycles. The highest BCUT2D eigenvalue weighted by atomic mass is 16.5. The highest BCUT2D eigenvalue weighted by Crippen LogP contribution is 2.27. The first-order valence-electron chi connectivity index (χ1n) is 9.01. The Morgan fingerprint density at radius 2 is 1.80 bits per heavy atom. The van der Waals surface area contributed by atoms with Crippen LogP contribution in [0.1, 0.15) is 25.3 Å². The van der Waals surface area contributed by atoms with Crippen molar-refractivity contribution >= 4 is 17.3 Å². The van der Waals surface area contributed by atoms with Gasteiger partial charge in [0.1, 0.15) is 5.75 Å². The molecule has 4 nitrogen and oxygen atoms in total. The van der Waals surface area contributed by atoms with Crippen LogP contribution in [0.2, 0.25) is 0 Å². The Bertz CT molecular complexity index is 704. The van der Waals surface area contributed by atoms with E-state index in [1.165, 1.54) is 11.3 Å². The Morgan fingerprint density at radius 1 is 1.12 bits per heavy atom. The highest BCUT2D eigenvalue weighted by molar-refractivity contribution is 5.94. The van der Waals surface area contributed by atoms with Crippen molar-refractivity contribution in [2.75, 3.05) is 29.9 Å². The Hall–Kier alpha value is -2.49. The van der Waals surface area contributed by atoms with Gasteiger partial charge in [0.2, 0.25) is 5.91 Å². The van der Waals surface area contributed by atoms with Crippen molar-refractivity contribution < 1.29 is 9.53 Å². The molecule has 0 aliphatic carbocycles. The van der Waals surface area contributed by atoms with E-state index < -0.39 is 0 Å². The smallest absolute Gasteiger partial charge is 0.227 e. The second-order valence-corrected chi connectivity index (χ2v) is 6.52. The molecule has 1 aliphatic heterocycles. The number of para-hydroxylation sites is 2. The quantitative estimate of drug-likeness (QED) is 0.886. The zero-order chi connectivity index (χ0) is 17.6. The molecule has 1 amide bonds. The van der Waals surface area contributed by atoms with Crippen LogP contribution in [-0.4, -0.2) is 25.6 Å². The van der Waals surface area contributed by atoms with E-state index in [0.717, 1.165) is 37.4 Å². The first-order valence-corrected chi connectivity index (χ1v) is 9.01. The van der Waals surface area contributed by atoms with Crippen molar-refractivity contribution in [3.63, 3.8) is 0 Å². The monoisotopic (exact) mass is 338 g/mol. The van der Waals surface area contributed by atoms with Crippen molar-refractivity contribution in [2.24, 2.45) is 5.92 Å². The van der Waals surface area contributed by atoms with E-state index in [-0.39, 0.29) is 11.8 Å². The number of piperidine rings is 1. The number of hydrogen-bond donors (Lipinski definition) is 1. The van der Waals surface area contributed by atoms with Crippen LogP contribution in [0, 0.1) is 12.8 Å². The van der Waals surface area contributed by atoms with Crippen molar-refractivity contribution in [1.29, 1.82) is 0 Å². The number of ether oxygens (including phenoxy) is 1. The molecule has 0 radical (unpaired) electrons. The minimum Gasteiger partial charge on any atom is -0.492 e. The largest absolute Gasteiger partial charge is 0.492 e. The minimum atomic E-state index is 0.0522. The number of carbonyl (C=O) groups is 1. The zero-order valence-electron chi connectivity index (χ0n) is 15.0. The van der Waals surface area contributed by atoms with Crippen LogP contribution in [0.5, 0.6) is 5.75 Å². The fraction of sp³-hybridized carbons (Fsp3) is 0.381. The molecule has 2 aromatic rings. The average molecular weight is 338 g/mol. The van der Waals surface area contributed by atoms with E-state index in [1.807, 2.05) is 31.2 Å². The number of hydrogen-bond acceptors (Lipinski definition) is 3. The zero-order valence-corrected chi connectivity index (χ0v) is 15.0. The summed E-state index contributed by atoms with van der Waals surface area (Å²) in [6.45, 7) is 6.45. The molecule has 1 saturated heterocycles. The lowest BCUT2D eigenvalue weighted by Gasteiger charge is -2.33. The first-order chi connectivity index (χ1) is 12.2. The first kappa shape index (κ1) is 17.3. The van der Waals surface area contributed by atoms with Gasteiger partial charge in [-0.3, -0.25) is 4.79 Å². The molecule has 0 atom stereocenters. The molecule has 1 fully saturated rings. The third-order valence-electron chi connectivity index (χ3n) is 4.71. The van der Waals surface area contributed by atoms with Gasteiger partial charge in [0.15, 0.2) is 0 Å². The Labute approximate surface area is 149 Å². The molecule has 1 aliphatic rings. The fourth-order valence-corrected chi connectivity index (χ4v) is 3.24. The van der Waals surface area contributed by atoms with E-state index >= 15 is 0 Å². The van der Waals surface area contributed by atoms with Crippen molar-refractivity contribution in [1.82, 2.24) is 0 Å². The molecule has 0 spiro atoms. The van der Waals surface area contributed by atoms with Crippen LogP contribution in [0.15, 0.2) is 48.5 Å². The molecule has 4 heteroatoms. The lowest BCUT2D eigenvalue weighted by molar-refractivity contribution is -0.120. The number of nitrogens with zero attached hydrogens (tertiary/aromatic N) is 1. The van der Waals surface area contributed by atoms with Gasteiger partial charge < -0.3 is 15.0 Å². The van der Waals surface area contributed by atoms with Crippen LogP contribution in [0.4, 0.5) is 11.4 Å². The SMILES string of the molecule is CCOc1ccccc1NC(=O)C1CCN(c2ccc(C)cc2)CC1. The Morgan fingerprint density at radius 3 is 2.48 bits per heavy atom. The van der Waals surface area contributed by atoms with Gasteiger partial charge in [-0.25, -0.2) is 0 Å². The van der Waals surface area contributed by atoms with Crippen molar-refractivity contribution in [3.05, 3.63) is 54.1 Å². The second-order valence-electron chi connectivity index (χ2n) is 6.52. The van der Waals surface area contributed by atoms with Gasteiger partial charge in [-0.2, -0.15) is 0 Å². The van der Waals surface area contributed by atoms with Crippen LogP contribution >= 0.6 is 0 Å². The fourth-order valence-electron chi connectivity index (χ4n) is 3.24. The number of aryl methyl sites for hydroxylation is 1. The van der Waals surface area contributed by atoms with Gasteiger partial charge >= 0.3 is 0 Å². The maximum atomic E-state index is 12.6. The predicted molar refractivity (Wildman–Crippen MR) is 102 cm³/mol. The maximum Gasteiger partial charge on any atom is 0.227 e. The lowest BCUT2D eigenvalue weighted by atomic mass is 9.95. The van der Waals surface area contributed by atoms with E-state index in [9.17, 15) is 4.79 Å². The molecule has 132 valence electrons. The topological polar surface area (TPSA) is 41.6 Å². The maximum absolute atomic E-state index is 12.6. The normalized spacial score (nSPS) is 15.0. The van der Waals surface area contributed by atoms with Gasteiger partial charge in [0.25, 0.3) is 0 Å². The van der Waals surface area contributed by atoms with Gasteiger partial charge in [-0.05, 0) is 51.0 Å². The summed E-state index contributed by atoms with van der Waals surface area (Å²) in [4.78, 5) is 15.0. The molecular formula is C21H26N2O2. The summed E-state index contributed by atoms with van der Waals surface area (Å²) in [5.74, 6) is 0.877. The molecule has 1 heterocycles. The van der Waals surface area contributed by atoms with E-state index in [0.29, 0.717) is 6.61 Å². The molecule has 1 N–H and O–H groups in total. The standard InChI is InChI=1S/C21H26N2O2/c1-3-25-20-7-5-4-6-19(20)22-21(24)17-12-14-23(15-13-17)18-10-8-16(2)9-11-18/h4-11,17H,3,12-15H2,1-2H3,(H,22,24). The Kier molecular flexibility index (Phi) is 5.59. The predicted octanol–water partition coefficient (Wildman–Crippen LogP) is 4.25. The number of carbonyl (C=O) groups excluding carboxylic acids is 1. The molecule has 0 bridgehead atoms. The van der Waals surface area contributed by atoms with Gasteiger partial charge in [-0.1, -0.05) is 29.8 Å². The summed E-state index contributed by atoms with van der Waals surface area (Å²) >= 11 is 0. The van der Waals surface area contributed by atoms with E-state index in [4.69, 9.17) is 4.74 Å². The van der Waals surface area contributed by atoms with Crippen LogP contribution in [-0.2, 0) is 4.79 Å². The molecule has 0 unspecified atom stereocenters. The van der Waals surface area contributed by atoms with Crippen LogP contribution in [0.25, 0.3) is 0 Å². The average Bonchev–Trinajstić information content (AvgIpc) is 2.64. The minimum absolute atomic E-state index is 0.0522. The number of benzene rings is 2. The van der Waals surface area contributed by atoms with E-state index in [2.05, 4.69) is 41.4 Å². The molecule has 25 heavy (non-hydrogen) atoms. The summed E-state index contributed by atoms with van der Waals surface area (Å²) < 4.78 is 5.59. The summed E-state index contributed by atoms with van der Waals surface area (Å²) in [6, 6.07) is 16.2. The summed E-state index contributed by atoms with van der Waals surface area (Å²) in [7, 11) is 0. The summed E-state index contributed by atoms with van der Waals surface area (Å²) in [5.41, 5.74) is 3.27. The third kappa shape index (κ3) is 4.32. The van der Waals surface area contributed by atoms with Gasteiger partial charge in [0.05, 0.1) is 12.3 Å². The number of nitrogens with one attached hydrogen (secondary N) is 1. The number of amides is 1. The molecular weight excluding hydrogens is 312 g/mol. The van der Waals surface area contributed by atoms with E-state index in [1.54, 1.807) is 0 Å². The molecule has 2 aromatic carbocycles. The lowest BCUT2D eigenvalue weighted by Crippen LogP contribution is -2.38. The van der Waals surface area contributed by atoms with Crippen molar-refractivity contribution in [3.8, 4) is 5.75 Å².